The van der Waals surface area contributed by atoms with E-state index in [2.05, 4.69) is 17.4 Å². The number of hydrogen-bond donors (Lipinski definition) is 1. The maximum Gasteiger partial charge on any atom is 0.118 e. The Bertz CT molecular complexity index is 414. The minimum atomic E-state index is 0.430. The standard InChI is InChI=1S/C17H25NO2/c1-19-16-6-4-13(5-7-16)10-15-11-18-9-8-17(15)20-12-14-2-3-14/h4-7,14-15,17-18H,2-3,8-12H2,1H3/t15-,17-/m1/s1. The van der Waals surface area contributed by atoms with Crippen molar-refractivity contribution in [3.05, 3.63) is 29.8 Å². The highest BCUT2D eigenvalue weighted by Gasteiger charge is 2.29. The van der Waals surface area contributed by atoms with E-state index in [0.29, 0.717) is 12.0 Å². The monoisotopic (exact) mass is 275 g/mol. The lowest BCUT2D eigenvalue weighted by atomic mass is 9.89. The summed E-state index contributed by atoms with van der Waals surface area (Å²) in [6, 6.07) is 8.44. The van der Waals surface area contributed by atoms with Crippen LogP contribution in [0.3, 0.4) is 0 Å². The second kappa shape index (κ2) is 6.59. The third kappa shape index (κ3) is 3.74. The zero-order valence-electron chi connectivity index (χ0n) is 12.3. The van der Waals surface area contributed by atoms with Crippen molar-refractivity contribution in [1.82, 2.24) is 5.32 Å². The van der Waals surface area contributed by atoms with Crippen LogP contribution in [0.1, 0.15) is 24.8 Å². The Morgan fingerprint density at radius 3 is 2.65 bits per heavy atom. The fourth-order valence-electron chi connectivity index (χ4n) is 2.93. The van der Waals surface area contributed by atoms with Gasteiger partial charge in [0.25, 0.3) is 0 Å². The molecule has 20 heavy (non-hydrogen) atoms. The smallest absolute Gasteiger partial charge is 0.118 e. The Labute approximate surface area is 121 Å². The predicted octanol–water partition coefficient (Wildman–Crippen LogP) is 2.64. The highest BCUT2D eigenvalue weighted by atomic mass is 16.5. The highest BCUT2D eigenvalue weighted by Crippen LogP contribution is 2.31. The van der Waals surface area contributed by atoms with Gasteiger partial charge in [0.15, 0.2) is 0 Å². The van der Waals surface area contributed by atoms with Gasteiger partial charge >= 0.3 is 0 Å². The van der Waals surface area contributed by atoms with Crippen LogP contribution in [0.25, 0.3) is 0 Å². The van der Waals surface area contributed by atoms with E-state index in [1.54, 1.807) is 7.11 Å². The Morgan fingerprint density at radius 1 is 1.15 bits per heavy atom. The third-order valence-corrected chi connectivity index (χ3v) is 4.44. The van der Waals surface area contributed by atoms with Crippen LogP contribution in [0.15, 0.2) is 24.3 Å². The van der Waals surface area contributed by atoms with Gasteiger partial charge in [-0.3, -0.25) is 0 Å². The largest absolute Gasteiger partial charge is 0.497 e. The average molecular weight is 275 g/mol. The molecule has 1 saturated carbocycles. The van der Waals surface area contributed by atoms with E-state index in [1.165, 1.54) is 18.4 Å². The van der Waals surface area contributed by atoms with Crippen LogP contribution in [-0.2, 0) is 11.2 Å². The summed E-state index contributed by atoms with van der Waals surface area (Å²) in [5.74, 6) is 2.37. The second-order valence-corrected chi connectivity index (χ2v) is 6.12. The van der Waals surface area contributed by atoms with E-state index in [1.807, 2.05) is 12.1 Å². The van der Waals surface area contributed by atoms with Crippen molar-refractivity contribution < 1.29 is 9.47 Å². The lowest BCUT2D eigenvalue weighted by Crippen LogP contribution is -2.42. The van der Waals surface area contributed by atoms with Crippen molar-refractivity contribution in [2.45, 2.75) is 31.8 Å². The normalized spacial score (nSPS) is 26.4. The van der Waals surface area contributed by atoms with Crippen molar-refractivity contribution in [3.8, 4) is 5.75 Å². The van der Waals surface area contributed by atoms with Gasteiger partial charge in [0.2, 0.25) is 0 Å². The zero-order valence-corrected chi connectivity index (χ0v) is 12.3. The average Bonchev–Trinajstić information content (AvgIpc) is 3.31. The highest BCUT2D eigenvalue weighted by molar-refractivity contribution is 5.27. The van der Waals surface area contributed by atoms with Crippen molar-refractivity contribution in [2.75, 3.05) is 26.8 Å². The summed E-state index contributed by atoms with van der Waals surface area (Å²) in [5.41, 5.74) is 1.37. The van der Waals surface area contributed by atoms with Crippen LogP contribution in [0.5, 0.6) is 5.75 Å². The molecular formula is C17H25NO2. The van der Waals surface area contributed by atoms with Gasteiger partial charge in [-0.1, -0.05) is 12.1 Å². The quantitative estimate of drug-likeness (QED) is 0.866. The van der Waals surface area contributed by atoms with Gasteiger partial charge in [0.05, 0.1) is 13.2 Å². The van der Waals surface area contributed by atoms with E-state index < -0.39 is 0 Å². The van der Waals surface area contributed by atoms with Crippen LogP contribution >= 0.6 is 0 Å². The molecule has 0 unspecified atom stereocenters. The predicted molar refractivity (Wildman–Crippen MR) is 80.1 cm³/mol. The molecule has 2 fully saturated rings. The first-order valence-electron chi connectivity index (χ1n) is 7.80. The first-order valence-corrected chi connectivity index (χ1v) is 7.80. The summed E-state index contributed by atoms with van der Waals surface area (Å²) in [7, 11) is 1.71. The van der Waals surface area contributed by atoms with Crippen LogP contribution in [0, 0.1) is 11.8 Å². The third-order valence-electron chi connectivity index (χ3n) is 4.44. The van der Waals surface area contributed by atoms with Crippen molar-refractivity contribution in [1.29, 1.82) is 0 Å². The van der Waals surface area contributed by atoms with Crippen LogP contribution in [-0.4, -0.2) is 32.9 Å². The summed E-state index contributed by atoms with van der Waals surface area (Å²) >= 11 is 0. The molecule has 0 spiro atoms. The molecule has 110 valence electrons. The number of methoxy groups -OCH3 is 1. The summed E-state index contributed by atoms with van der Waals surface area (Å²) in [5, 5.41) is 3.51. The molecule has 1 aliphatic heterocycles. The molecule has 0 aromatic heterocycles. The van der Waals surface area contributed by atoms with Gasteiger partial charge < -0.3 is 14.8 Å². The summed E-state index contributed by atoms with van der Waals surface area (Å²) in [6.07, 6.45) is 5.40. The Hall–Kier alpha value is -1.06. The summed E-state index contributed by atoms with van der Waals surface area (Å²) in [6.45, 7) is 3.14. The minimum Gasteiger partial charge on any atom is -0.497 e. The van der Waals surface area contributed by atoms with Gasteiger partial charge in [-0.2, -0.15) is 0 Å². The molecule has 1 N–H and O–H groups in total. The van der Waals surface area contributed by atoms with Crippen LogP contribution in [0.2, 0.25) is 0 Å². The first-order chi connectivity index (χ1) is 9.85. The van der Waals surface area contributed by atoms with Gasteiger partial charge in [-0.25, -0.2) is 0 Å². The summed E-state index contributed by atoms with van der Waals surface area (Å²) < 4.78 is 11.4. The molecular weight excluding hydrogens is 250 g/mol. The van der Waals surface area contributed by atoms with E-state index in [9.17, 15) is 0 Å². The number of benzene rings is 1. The van der Waals surface area contributed by atoms with Crippen molar-refractivity contribution >= 4 is 0 Å². The molecule has 1 aromatic rings. The first kappa shape index (κ1) is 13.9. The van der Waals surface area contributed by atoms with E-state index >= 15 is 0 Å². The van der Waals surface area contributed by atoms with Gasteiger partial charge in [0.1, 0.15) is 5.75 Å². The number of hydrogen-bond acceptors (Lipinski definition) is 3. The van der Waals surface area contributed by atoms with Crippen LogP contribution in [0.4, 0.5) is 0 Å². The molecule has 0 amide bonds. The maximum atomic E-state index is 6.17. The lowest BCUT2D eigenvalue weighted by Gasteiger charge is -2.32. The molecule has 3 nitrogen and oxygen atoms in total. The topological polar surface area (TPSA) is 30.5 Å². The zero-order chi connectivity index (χ0) is 13.8. The molecule has 1 aliphatic carbocycles. The van der Waals surface area contributed by atoms with Gasteiger partial charge in [-0.05, 0) is 55.8 Å². The number of piperidine rings is 1. The number of rotatable bonds is 6. The van der Waals surface area contributed by atoms with E-state index in [-0.39, 0.29) is 0 Å². The molecule has 3 heteroatoms. The molecule has 1 saturated heterocycles. The molecule has 0 bridgehead atoms. The molecule has 2 aliphatic rings. The fourth-order valence-corrected chi connectivity index (χ4v) is 2.93. The molecule has 0 radical (unpaired) electrons. The maximum absolute atomic E-state index is 6.17. The Balaban J connectivity index is 1.56. The number of nitrogens with one attached hydrogen (secondary N) is 1. The molecule has 1 heterocycles. The van der Waals surface area contributed by atoms with Gasteiger partial charge in [0, 0.05) is 19.1 Å². The van der Waals surface area contributed by atoms with Crippen LogP contribution < -0.4 is 10.1 Å². The van der Waals surface area contributed by atoms with Gasteiger partial charge in [-0.15, -0.1) is 0 Å². The second-order valence-electron chi connectivity index (χ2n) is 6.12. The Kier molecular flexibility index (Phi) is 4.58. The molecule has 3 rings (SSSR count). The van der Waals surface area contributed by atoms with E-state index in [4.69, 9.17) is 9.47 Å². The van der Waals surface area contributed by atoms with E-state index in [0.717, 1.165) is 44.2 Å². The molecule has 2 atom stereocenters. The Morgan fingerprint density at radius 2 is 1.95 bits per heavy atom. The lowest BCUT2D eigenvalue weighted by molar-refractivity contribution is -0.00978. The minimum absolute atomic E-state index is 0.430. The van der Waals surface area contributed by atoms with Crippen molar-refractivity contribution in [3.63, 3.8) is 0 Å². The SMILES string of the molecule is COc1ccc(C[C@@H]2CNCC[C@H]2OCC2CC2)cc1. The van der Waals surface area contributed by atoms with Crippen molar-refractivity contribution in [2.24, 2.45) is 11.8 Å². The fraction of sp³-hybridized carbons (Fsp3) is 0.647. The molecule has 1 aromatic carbocycles. The number of ether oxygens (including phenoxy) is 2. The summed E-state index contributed by atoms with van der Waals surface area (Å²) in [4.78, 5) is 0.